The van der Waals surface area contributed by atoms with E-state index in [9.17, 15) is 14.0 Å². The second kappa shape index (κ2) is 8.86. The van der Waals surface area contributed by atoms with Crippen molar-refractivity contribution in [2.24, 2.45) is 0 Å². The molecule has 0 fully saturated rings. The number of hydrogen-bond donors (Lipinski definition) is 1. The Hall–Kier alpha value is -2.63. The molecule has 0 radical (unpaired) electrons. The van der Waals surface area contributed by atoms with Crippen molar-refractivity contribution in [1.82, 2.24) is 10.2 Å². The van der Waals surface area contributed by atoms with Crippen LogP contribution in [0.2, 0.25) is 0 Å². The summed E-state index contributed by atoms with van der Waals surface area (Å²) in [5.74, 6) is -0.669. The van der Waals surface area contributed by atoms with E-state index in [1.165, 1.54) is 23.3 Å². The van der Waals surface area contributed by atoms with Crippen molar-refractivity contribution >= 4 is 11.8 Å². The summed E-state index contributed by atoms with van der Waals surface area (Å²) in [5.41, 5.74) is 0.794. The van der Waals surface area contributed by atoms with Crippen LogP contribution < -0.4 is 5.32 Å². The van der Waals surface area contributed by atoms with Crippen LogP contribution in [0, 0.1) is 5.82 Å². The van der Waals surface area contributed by atoms with Gasteiger partial charge in [-0.1, -0.05) is 25.5 Å². The van der Waals surface area contributed by atoms with Crippen molar-refractivity contribution in [3.63, 3.8) is 0 Å². The second-order valence-corrected chi connectivity index (χ2v) is 5.46. The molecule has 5 nitrogen and oxygen atoms in total. The van der Waals surface area contributed by atoms with E-state index in [0.29, 0.717) is 6.54 Å². The normalized spacial score (nSPS) is 10.4. The van der Waals surface area contributed by atoms with Gasteiger partial charge in [0.1, 0.15) is 5.82 Å². The van der Waals surface area contributed by atoms with Crippen LogP contribution in [-0.2, 0) is 11.3 Å². The Balaban J connectivity index is 1.91. The first kappa shape index (κ1) is 17.7. The molecule has 2 amide bonds. The first-order chi connectivity index (χ1) is 11.6. The molecule has 2 aromatic rings. The number of nitrogens with one attached hydrogen (secondary N) is 1. The Morgan fingerprint density at radius 3 is 2.58 bits per heavy atom. The maximum atomic E-state index is 12.9. The number of furan rings is 1. The van der Waals surface area contributed by atoms with Crippen LogP contribution in [0.4, 0.5) is 4.39 Å². The fourth-order valence-electron chi connectivity index (χ4n) is 2.19. The predicted molar refractivity (Wildman–Crippen MR) is 87.8 cm³/mol. The standard InChI is InChI=1S/C18H21FN2O3/c1-2-3-10-21(18(23)16-5-4-11-24-16)13-17(22)20-12-14-6-8-15(19)9-7-14/h4-9,11H,2-3,10,12-13H2,1H3,(H,20,22). The highest BCUT2D eigenvalue weighted by Crippen LogP contribution is 2.07. The third-order valence-corrected chi connectivity index (χ3v) is 3.54. The summed E-state index contributed by atoms with van der Waals surface area (Å²) in [5, 5.41) is 2.74. The Bertz CT molecular complexity index is 653. The van der Waals surface area contributed by atoms with E-state index < -0.39 is 0 Å². The molecule has 2 rings (SSSR count). The molecule has 0 aliphatic carbocycles. The second-order valence-electron chi connectivity index (χ2n) is 5.46. The lowest BCUT2D eigenvalue weighted by atomic mass is 10.2. The Morgan fingerprint density at radius 1 is 1.21 bits per heavy atom. The van der Waals surface area contributed by atoms with Gasteiger partial charge >= 0.3 is 0 Å². The lowest BCUT2D eigenvalue weighted by Gasteiger charge is -2.21. The minimum atomic E-state index is -0.320. The predicted octanol–water partition coefficient (Wildman–Crippen LogP) is 2.98. The van der Waals surface area contributed by atoms with Gasteiger partial charge < -0.3 is 14.6 Å². The lowest BCUT2D eigenvalue weighted by Crippen LogP contribution is -2.41. The molecule has 128 valence electrons. The Labute approximate surface area is 140 Å². The highest BCUT2D eigenvalue weighted by atomic mass is 19.1. The number of carbonyl (C=O) groups is 2. The van der Waals surface area contributed by atoms with E-state index in [-0.39, 0.29) is 36.5 Å². The molecule has 0 saturated heterocycles. The lowest BCUT2D eigenvalue weighted by molar-refractivity contribution is -0.122. The minimum absolute atomic E-state index is 0.0409. The van der Waals surface area contributed by atoms with Gasteiger partial charge in [0.2, 0.25) is 5.91 Å². The van der Waals surface area contributed by atoms with Crippen LogP contribution in [-0.4, -0.2) is 29.8 Å². The van der Waals surface area contributed by atoms with Crippen LogP contribution in [0.5, 0.6) is 0 Å². The van der Waals surface area contributed by atoms with E-state index in [4.69, 9.17) is 4.42 Å². The van der Waals surface area contributed by atoms with Crippen LogP contribution in [0.15, 0.2) is 47.1 Å². The van der Waals surface area contributed by atoms with Crippen molar-refractivity contribution in [2.45, 2.75) is 26.3 Å². The number of hydrogen-bond acceptors (Lipinski definition) is 3. The molecule has 0 aliphatic rings. The summed E-state index contributed by atoms with van der Waals surface area (Å²) in [6.45, 7) is 2.75. The van der Waals surface area contributed by atoms with Gasteiger partial charge in [-0.15, -0.1) is 0 Å². The summed E-state index contributed by atoms with van der Waals surface area (Å²) in [7, 11) is 0. The van der Waals surface area contributed by atoms with Gasteiger partial charge in [-0.25, -0.2) is 4.39 Å². The zero-order valence-electron chi connectivity index (χ0n) is 13.6. The SMILES string of the molecule is CCCCN(CC(=O)NCc1ccc(F)cc1)C(=O)c1ccco1. The monoisotopic (exact) mass is 332 g/mol. The molecule has 1 aromatic heterocycles. The topological polar surface area (TPSA) is 62.6 Å². The maximum Gasteiger partial charge on any atom is 0.290 e. The first-order valence-electron chi connectivity index (χ1n) is 7.94. The highest BCUT2D eigenvalue weighted by Gasteiger charge is 2.20. The van der Waals surface area contributed by atoms with E-state index in [0.717, 1.165) is 18.4 Å². The van der Waals surface area contributed by atoms with Crippen molar-refractivity contribution in [3.05, 3.63) is 59.8 Å². The van der Waals surface area contributed by atoms with Crippen molar-refractivity contribution in [2.75, 3.05) is 13.1 Å². The van der Waals surface area contributed by atoms with Crippen LogP contribution in [0.3, 0.4) is 0 Å². The maximum absolute atomic E-state index is 12.9. The highest BCUT2D eigenvalue weighted by molar-refractivity contribution is 5.94. The summed E-state index contributed by atoms with van der Waals surface area (Å²) < 4.78 is 18.0. The fourth-order valence-corrected chi connectivity index (χ4v) is 2.19. The molecular weight excluding hydrogens is 311 g/mol. The molecule has 0 atom stereocenters. The molecule has 0 saturated carbocycles. The van der Waals surface area contributed by atoms with E-state index in [1.807, 2.05) is 6.92 Å². The Kier molecular flexibility index (Phi) is 6.54. The van der Waals surface area contributed by atoms with Gasteiger partial charge in [-0.05, 0) is 36.2 Å². The molecule has 0 spiro atoms. The van der Waals surface area contributed by atoms with E-state index >= 15 is 0 Å². The summed E-state index contributed by atoms with van der Waals surface area (Å²) in [6, 6.07) is 9.12. The molecule has 6 heteroatoms. The summed E-state index contributed by atoms with van der Waals surface area (Å²) >= 11 is 0. The summed E-state index contributed by atoms with van der Waals surface area (Å²) in [6.07, 6.45) is 3.15. The Morgan fingerprint density at radius 2 is 1.96 bits per heavy atom. The molecule has 0 bridgehead atoms. The molecule has 0 unspecified atom stereocenters. The largest absolute Gasteiger partial charge is 0.459 e. The number of amides is 2. The smallest absolute Gasteiger partial charge is 0.290 e. The van der Waals surface area contributed by atoms with Gasteiger partial charge in [0, 0.05) is 13.1 Å². The number of carbonyl (C=O) groups excluding carboxylic acids is 2. The summed E-state index contributed by atoms with van der Waals surface area (Å²) in [4.78, 5) is 26.0. The third kappa shape index (κ3) is 5.22. The van der Waals surface area contributed by atoms with Crippen molar-refractivity contribution < 1.29 is 18.4 Å². The van der Waals surface area contributed by atoms with Crippen LogP contribution in [0.1, 0.15) is 35.9 Å². The fraction of sp³-hybridized carbons (Fsp3) is 0.333. The zero-order valence-corrected chi connectivity index (χ0v) is 13.6. The van der Waals surface area contributed by atoms with Gasteiger partial charge in [-0.2, -0.15) is 0 Å². The molecule has 1 heterocycles. The van der Waals surface area contributed by atoms with Crippen molar-refractivity contribution in [3.8, 4) is 0 Å². The zero-order chi connectivity index (χ0) is 17.4. The minimum Gasteiger partial charge on any atom is -0.459 e. The van der Waals surface area contributed by atoms with Gasteiger partial charge in [0.05, 0.1) is 12.8 Å². The first-order valence-corrected chi connectivity index (χ1v) is 7.94. The average Bonchev–Trinajstić information content (AvgIpc) is 3.12. The molecule has 1 aromatic carbocycles. The van der Waals surface area contributed by atoms with Crippen LogP contribution >= 0.6 is 0 Å². The molecule has 1 N–H and O–H groups in total. The quantitative estimate of drug-likeness (QED) is 0.808. The molecular formula is C18H21FN2O3. The number of rotatable bonds is 8. The third-order valence-electron chi connectivity index (χ3n) is 3.54. The van der Waals surface area contributed by atoms with Gasteiger partial charge in [-0.3, -0.25) is 9.59 Å². The number of benzene rings is 1. The van der Waals surface area contributed by atoms with Gasteiger partial charge in [0.25, 0.3) is 5.91 Å². The molecule has 0 aliphatic heterocycles. The number of halogens is 1. The van der Waals surface area contributed by atoms with E-state index in [1.54, 1.807) is 24.3 Å². The number of unbranched alkanes of at least 4 members (excludes halogenated alkanes) is 1. The van der Waals surface area contributed by atoms with Crippen LogP contribution in [0.25, 0.3) is 0 Å². The van der Waals surface area contributed by atoms with E-state index in [2.05, 4.69) is 5.32 Å². The molecule has 24 heavy (non-hydrogen) atoms. The van der Waals surface area contributed by atoms with Crippen molar-refractivity contribution in [1.29, 1.82) is 0 Å². The average molecular weight is 332 g/mol. The number of nitrogens with zero attached hydrogens (tertiary/aromatic N) is 1. The van der Waals surface area contributed by atoms with Gasteiger partial charge in [0.15, 0.2) is 5.76 Å².